The molecule has 572 valence electrons. The second-order valence-corrected chi connectivity index (χ2v) is 29.6. The Morgan fingerprint density at radius 1 is 0.286 bits per heavy atom. The molecular formula is C79H144O17P2. The number of allylic oxidation sites excluding steroid dienone is 10. The third kappa shape index (κ3) is 71.2. The first-order valence-corrected chi connectivity index (χ1v) is 42.5. The Kier molecular flexibility index (Phi) is 69.7. The zero-order chi connectivity index (χ0) is 71.8. The number of hydrogen-bond acceptors (Lipinski definition) is 15. The second kappa shape index (κ2) is 72.1. The Morgan fingerprint density at radius 2 is 0.500 bits per heavy atom. The van der Waals surface area contributed by atoms with Gasteiger partial charge < -0.3 is 33.8 Å². The van der Waals surface area contributed by atoms with Gasteiger partial charge in [-0.15, -0.1) is 0 Å². The van der Waals surface area contributed by atoms with E-state index in [1.165, 1.54) is 122 Å². The number of phosphoric ester groups is 2. The van der Waals surface area contributed by atoms with Crippen molar-refractivity contribution in [3.8, 4) is 0 Å². The van der Waals surface area contributed by atoms with Gasteiger partial charge in [0.2, 0.25) is 0 Å². The third-order valence-electron chi connectivity index (χ3n) is 17.0. The molecule has 0 aromatic heterocycles. The number of phosphoric acid groups is 2. The molecule has 98 heavy (non-hydrogen) atoms. The van der Waals surface area contributed by atoms with Crippen LogP contribution < -0.4 is 0 Å². The highest BCUT2D eigenvalue weighted by Crippen LogP contribution is 2.45. The lowest BCUT2D eigenvalue weighted by Crippen LogP contribution is -2.30. The molecule has 0 amide bonds. The van der Waals surface area contributed by atoms with Gasteiger partial charge in [0.05, 0.1) is 26.4 Å². The molecule has 0 spiro atoms. The van der Waals surface area contributed by atoms with Crippen molar-refractivity contribution >= 4 is 39.5 Å². The molecule has 0 aromatic rings. The van der Waals surface area contributed by atoms with Crippen molar-refractivity contribution in [3.63, 3.8) is 0 Å². The predicted octanol–water partition coefficient (Wildman–Crippen LogP) is 22.7. The summed E-state index contributed by atoms with van der Waals surface area (Å²) in [7, 11) is -9.94. The minimum Gasteiger partial charge on any atom is -0.462 e. The highest BCUT2D eigenvalue weighted by Gasteiger charge is 2.30. The van der Waals surface area contributed by atoms with Crippen LogP contribution in [-0.4, -0.2) is 96.7 Å². The molecule has 5 atom stereocenters. The van der Waals surface area contributed by atoms with Crippen molar-refractivity contribution in [2.75, 3.05) is 39.6 Å². The molecule has 17 nitrogen and oxygen atoms in total. The SMILES string of the molecule is CCCCC/C=C\C/C=C\C/C=C\CCCCCCCCC(=O)OCC(COP(=O)(O)OCC(O)COP(=O)(O)OCC(COC(=O)CCCCCCC/C=C\CCCCCC)OC(=O)CCCCCCCCCCCCC)OC(=O)CCCCCCC/C=C\CCCCCCCC. The van der Waals surface area contributed by atoms with Crippen molar-refractivity contribution < 1.29 is 80.2 Å². The van der Waals surface area contributed by atoms with E-state index in [0.29, 0.717) is 25.7 Å². The van der Waals surface area contributed by atoms with Gasteiger partial charge in [0, 0.05) is 25.7 Å². The Morgan fingerprint density at radius 3 is 0.806 bits per heavy atom. The fraction of sp³-hybridized carbons (Fsp3) is 0.823. The monoisotopic (exact) mass is 1430 g/mol. The van der Waals surface area contributed by atoms with E-state index in [-0.39, 0.29) is 25.7 Å². The van der Waals surface area contributed by atoms with Crippen LogP contribution in [0.15, 0.2) is 60.8 Å². The highest BCUT2D eigenvalue weighted by molar-refractivity contribution is 7.47. The van der Waals surface area contributed by atoms with Crippen LogP contribution in [0.3, 0.4) is 0 Å². The summed E-state index contributed by atoms with van der Waals surface area (Å²) in [6, 6.07) is 0. The van der Waals surface area contributed by atoms with Crippen LogP contribution in [-0.2, 0) is 65.4 Å². The number of ether oxygens (including phenoxy) is 4. The molecule has 0 fully saturated rings. The maximum absolute atomic E-state index is 13.1. The van der Waals surface area contributed by atoms with Gasteiger partial charge in [0.15, 0.2) is 12.2 Å². The standard InChI is InChI=1S/C79H144O17P2/c1-5-9-13-17-21-25-29-32-34-35-36-37-39-41-45-48-52-56-60-64-77(82)90-70-75(96-79(84)66-62-58-54-50-46-42-38-33-30-26-22-18-14-10-6-2)72-94-98(87,88)92-68-73(80)67-91-97(85,86)93-71-74(95-78(83)65-61-57-53-49-43-28-24-20-16-12-8-4)69-89-76(81)63-59-55-51-47-44-40-31-27-23-19-15-11-7-3/h21,25,27,31-34,36-38,73-75,80H,5-20,22-24,26,28-30,35,39-72H2,1-4H3,(H,85,86)(H,87,88)/b25-21-,31-27-,34-32-,37-36-,38-33-. The van der Waals surface area contributed by atoms with E-state index in [0.717, 1.165) is 161 Å². The summed E-state index contributed by atoms with van der Waals surface area (Å²) in [6.07, 6.45) is 70.6. The Balaban J connectivity index is 5.31. The lowest BCUT2D eigenvalue weighted by molar-refractivity contribution is -0.161. The van der Waals surface area contributed by atoms with E-state index >= 15 is 0 Å². The Labute approximate surface area is 597 Å². The normalized spacial score (nSPS) is 14.2. The number of carbonyl (C=O) groups excluding carboxylic acids is 4. The molecule has 0 aromatic carbocycles. The van der Waals surface area contributed by atoms with Crippen molar-refractivity contribution in [2.24, 2.45) is 0 Å². The molecule has 3 N–H and O–H groups in total. The molecule has 0 saturated heterocycles. The van der Waals surface area contributed by atoms with Crippen LogP contribution in [0.5, 0.6) is 0 Å². The molecular weight excluding hydrogens is 1280 g/mol. The molecule has 0 radical (unpaired) electrons. The first kappa shape index (κ1) is 94.8. The number of aliphatic hydroxyl groups excluding tert-OH is 1. The molecule has 0 saturated carbocycles. The molecule has 0 aliphatic rings. The van der Waals surface area contributed by atoms with Crippen LogP contribution in [0.25, 0.3) is 0 Å². The summed E-state index contributed by atoms with van der Waals surface area (Å²) < 4.78 is 68.5. The lowest BCUT2D eigenvalue weighted by Gasteiger charge is -2.21. The molecule has 5 unspecified atom stereocenters. The summed E-state index contributed by atoms with van der Waals surface area (Å²) in [5, 5.41) is 10.6. The van der Waals surface area contributed by atoms with Crippen molar-refractivity contribution in [2.45, 2.75) is 380 Å². The Bertz CT molecular complexity index is 2100. The third-order valence-corrected chi connectivity index (χ3v) is 18.9. The quantitative estimate of drug-likeness (QED) is 0.0169. The van der Waals surface area contributed by atoms with Crippen LogP contribution in [0.4, 0.5) is 0 Å². The average molecular weight is 1430 g/mol. The molecule has 0 rings (SSSR count). The maximum Gasteiger partial charge on any atom is 0.472 e. The van der Waals surface area contributed by atoms with Gasteiger partial charge >= 0.3 is 39.5 Å². The van der Waals surface area contributed by atoms with E-state index in [1.807, 2.05) is 0 Å². The summed E-state index contributed by atoms with van der Waals surface area (Å²) >= 11 is 0. The fourth-order valence-corrected chi connectivity index (χ4v) is 12.4. The minimum absolute atomic E-state index is 0.0858. The maximum atomic E-state index is 13.1. The molecule has 0 heterocycles. The zero-order valence-electron chi connectivity index (χ0n) is 62.5. The summed E-state index contributed by atoms with van der Waals surface area (Å²) in [6.45, 7) is 4.84. The van der Waals surface area contributed by atoms with E-state index in [2.05, 4.69) is 88.5 Å². The van der Waals surface area contributed by atoms with Crippen LogP contribution in [0, 0.1) is 0 Å². The van der Waals surface area contributed by atoms with Gasteiger partial charge in [-0.3, -0.25) is 37.3 Å². The van der Waals surface area contributed by atoms with E-state index in [9.17, 15) is 43.2 Å². The Hall–Kier alpha value is -3.24. The van der Waals surface area contributed by atoms with Gasteiger partial charge in [-0.05, 0) is 116 Å². The van der Waals surface area contributed by atoms with Crippen molar-refractivity contribution in [1.82, 2.24) is 0 Å². The van der Waals surface area contributed by atoms with Gasteiger partial charge in [0.1, 0.15) is 19.3 Å². The topological polar surface area (TPSA) is 237 Å². The smallest absolute Gasteiger partial charge is 0.462 e. The van der Waals surface area contributed by atoms with Crippen LogP contribution in [0.2, 0.25) is 0 Å². The molecule has 19 heteroatoms. The number of rotatable bonds is 75. The molecule has 0 aliphatic carbocycles. The number of carbonyl (C=O) groups is 4. The van der Waals surface area contributed by atoms with Gasteiger partial charge in [-0.25, -0.2) is 9.13 Å². The molecule has 0 aliphatic heterocycles. The second-order valence-electron chi connectivity index (χ2n) is 26.7. The van der Waals surface area contributed by atoms with E-state index in [4.69, 9.17) is 37.0 Å². The predicted molar refractivity (Wildman–Crippen MR) is 400 cm³/mol. The molecule has 0 bridgehead atoms. The van der Waals surface area contributed by atoms with Crippen LogP contribution >= 0.6 is 15.6 Å². The van der Waals surface area contributed by atoms with Gasteiger partial charge in [-0.1, -0.05) is 281 Å². The first-order chi connectivity index (χ1) is 47.7. The number of unbranched alkanes of at least 4 members (excludes halogenated alkanes) is 39. The summed E-state index contributed by atoms with van der Waals surface area (Å²) in [5.41, 5.74) is 0. The van der Waals surface area contributed by atoms with Crippen molar-refractivity contribution in [3.05, 3.63) is 60.8 Å². The largest absolute Gasteiger partial charge is 0.472 e. The van der Waals surface area contributed by atoms with Crippen LogP contribution in [0.1, 0.15) is 362 Å². The summed E-state index contributed by atoms with van der Waals surface area (Å²) in [5.74, 6) is -2.18. The number of hydrogen-bond donors (Lipinski definition) is 3. The fourth-order valence-electron chi connectivity index (χ4n) is 10.9. The van der Waals surface area contributed by atoms with Crippen molar-refractivity contribution in [1.29, 1.82) is 0 Å². The first-order valence-electron chi connectivity index (χ1n) is 39.5. The van der Waals surface area contributed by atoms with E-state index < -0.39 is 97.5 Å². The van der Waals surface area contributed by atoms with Gasteiger partial charge in [0.25, 0.3) is 0 Å². The minimum atomic E-state index is -4.97. The summed E-state index contributed by atoms with van der Waals surface area (Å²) in [4.78, 5) is 72.8. The highest BCUT2D eigenvalue weighted by atomic mass is 31.2. The van der Waals surface area contributed by atoms with Gasteiger partial charge in [-0.2, -0.15) is 0 Å². The number of aliphatic hydroxyl groups is 1. The average Bonchev–Trinajstić information content (AvgIpc) is 0.992. The zero-order valence-corrected chi connectivity index (χ0v) is 64.3. The number of esters is 4. The lowest BCUT2D eigenvalue weighted by atomic mass is 10.1. The van der Waals surface area contributed by atoms with E-state index in [1.54, 1.807) is 0 Å².